The molecule has 21 heavy (non-hydrogen) atoms. The molecule has 7 heteroatoms. The number of aromatic nitrogens is 2. The molecule has 1 unspecified atom stereocenters. The molecule has 0 amide bonds. The third kappa shape index (κ3) is 2.35. The van der Waals surface area contributed by atoms with Gasteiger partial charge >= 0.3 is 0 Å². The first-order chi connectivity index (χ1) is 9.82. The predicted molar refractivity (Wildman–Crippen MR) is 81.2 cm³/mol. The van der Waals surface area contributed by atoms with Gasteiger partial charge in [-0.05, 0) is 24.0 Å². The summed E-state index contributed by atoms with van der Waals surface area (Å²) in [6.45, 7) is 4.91. The topological polar surface area (TPSA) is 92.1 Å². The number of nitrogens with zero attached hydrogens (tertiary/aromatic N) is 2. The van der Waals surface area contributed by atoms with Gasteiger partial charge in [0, 0.05) is 36.9 Å². The lowest BCUT2D eigenvalue weighted by atomic mass is 9.81. The first-order valence-corrected chi connectivity index (χ1v) is 8.44. The first-order valence-electron chi connectivity index (χ1n) is 7.00. The zero-order chi connectivity index (χ0) is 15.3. The van der Waals surface area contributed by atoms with Gasteiger partial charge in [-0.1, -0.05) is 13.8 Å². The third-order valence-corrected chi connectivity index (χ3v) is 6.19. The lowest BCUT2D eigenvalue weighted by Crippen LogP contribution is -2.53. The molecule has 0 saturated carbocycles. The van der Waals surface area contributed by atoms with Crippen molar-refractivity contribution in [2.24, 2.45) is 11.1 Å². The van der Waals surface area contributed by atoms with Crippen LogP contribution in [0, 0.1) is 5.41 Å². The fraction of sp³-hybridized carbons (Fsp3) is 0.500. The second kappa shape index (κ2) is 4.79. The smallest absolute Gasteiger partial charge is 0.245 e. The predicted octanol–water partition coefficient (Wildman–Crippen LogP) is 1.31. The van der Waals surface area contributed by atoms with Crippen LogP contribution in [-0.4, -0.2) is 41.8 Å². The molecular formula is C14H20N4O2S. The van der Waals surface area contributed by atoms with E-state index in [1.54, 1.807) is 18.3 Å². The number of piperidine rings is 1. The first kappa shape index (κ1) is 14.5. The maximum Gasteiger partial charge on any atom is 0.245 e. The van der Waals surface area contributed by atoms with Crippen LogP contribution >= 0.6 is 0 Å². The van der Waals surface area contributed by atoms with E-state index in [0.717, 1.165) is 0 Å². The number of nitrogens with one attached hydrogen (secondary N) is 1. The number of hydrogen-bond donors (Lipinski definition) is 2. The highest BCUT2D eigenvalue weighted by atomic mass is 32.2. The highest BCUT2D eigenvalue weighted by molar-refractivity contribution is 7.89. The van der Waals surface area contributed by atoms with E-state index in [4.69, 9.17) is 5.73 Å². The fourth-order valence-corrected chi connectivity index (χ4v) is 4.59. The molecule has 6 nitrogen and oxygen atoms in total. The van der Waals surface area contributed by atoms with Crippen molar-refractivity contribution in [3.05, 3.63) is 24.5 Å². The number of hydrogen-bond acceptors (Lipinski definition) is 4. The molecular weight excluding hydrogens is 288 g/mol. The zero-order valence-corrected chi connectivity index (χ0v) is 13.0. The second-order valence-electron chi connectivity index (χ2n) is 6.27. The maximum absolute atomic E-state index is 12.9. The summed E-state index contributed by atoms with van der Waals surface area (Å²) >= 11 is 0. The number of nitrogens with two attached hydrogens (primary N) is 1. The minimum Gasteiger partial charge on any atom is -0.345 e. The molecule has 1 atom stereocenters. The van der Waals surface area contributed by atoms with E-state index in [2.05, 4.69) is 9.97 Å². The molecule has 3 heterocycles. The van der Waals surface area contributed by atoms with Gasteiger partial charge in [0.05, 0.1) is 0 Å². The van der Waals surface area contributed by atoms with Gasteiger partial charge in [-0.3, -0.25) is 0 Å². The number of rotatable bonds is 2. The van der Waals surface area contributed by atoms with Gasteiger partial charge in [0.1, 0.15) is 10.5 Å². The minimum atomic E-state index is -3.53. The van der Waals surface area contributed by atoms with E-state index < -0.39 is 10.0 Å². The maximum atomic E-state index is 12.9. The summed E-state index contributed by atoms with van der Waals surface area (Å²) in [5.74, 6) is 0. The fourth-order valence-electron chi connectivity index (χ4n) is 2.81. The average molecular weight is 308 g/mol. The molecule has 1 saturated heterocycles. The summed E-state index contributed by atoms with van der Waals surface area (Å²) in [7, 11) is -3.53. The molecule has 3 rings (SSSR count). The van der Waals surface area contributed by atoms with E-state index in [-0.39, 0.29) is 16.4 Å². The monoisotopic (exact) mass is 308 g/mol. The Morgan fingerprint density at radius 3 is 2.95 bits per heavy atom. The molecule has 0 radical (unpaired) electrons. The summed E-state index contributed by atoms with van der Waals surface area (Å²) in [5, 5.41) is 0.630. The Kier molecular flexibility index (Phi) is 3.31. The molecule has 2 aromatic rings. The average Bonchev–Trinajstić information content (AvgIpc) is 2.86. The van der Waals surface area contributed by atoms with E-state index in [0.29, 0.717) is 30.5 Å². The molecule has 1 aliphatic heterocycles. The lowest BCUT2D eigenvalue weighted by molar-refractivity contribution is 0.155. The number of pyridine rings is 1. The normalized spacial score (nSPS) is 23.5. The Balaban J connectivity index is 2.01. The van der Waals surface area contributed by atoms with Gasteiger partial charge in [0.25, 0.3) is 0 Å². The van der Waals surface area contributed by atoms with Gasteiger partial charge in [0.15, 0.2) is 0 Å². The van der Waals surface area contributed by atoms with Crippen LogP contribution in [0.4, 0.5) is 0 Å². The molecule has 0 aromatic carbocycles. The molecule has 2 aromatic heterocycles. The van der Waals surface area contributed by atoms with Crippen LogP contribution in [0.5, 0.6) is 0 Å². The summed E-state index contributed by atoms with van der Waals surface area (Å²) in [5.41, 5.74) is 6.45. The van der Waals surface area contributed by atoms with Crippen molar-refractivity contribution in [2.45, 2.75) is 31.2 Å². The van der Waals surface area contributed by atoms with E-state index in [9.17, 15) is 8.42 Å². The lowest BCUT2D eigenvalue weighted by Gasteiger charge is -2.41. The Morgan fingerprint density at radius 2 is 2.24 bits per heavy atom. The van der Waals surface area contributed by atoms with E-state index in [1.165, 1.54) is 10.5 Å². The quantitative estimate of drug-likeness (QED) is 0.875. The SMILES string of the molecule is CC1(C)CN(S(=O)(=O)c2c[nH]c3ncccc23)CCC1N. The van der Waals surface area contributed by atoms with Crippen molar-refractivity contribution in [1.29, 1.82) is 0 Å². The summed E-state index contributed by atoms with van der Waals surface area (Å²) in [4.78, 5) is 7.35. The Morgan fingerprint density at radius 1 is 1.48 bits per heavy atom. The number of fused-ring (bicyclic) bond motifs is 1. The van der Waals surface area contributed by atoms with Crippen molar-refractivity contribution in [3.8, 4) is 0 Å². The van der Waals surface area contributed by atoms with Crippen LogP contribution in [0.25, 0.3) is 11.0 Å². The Labute approximate surface area is 124 Å². The molecule has 114 valence electrons. The van der Waals surface area contributed by atoms with Crippen molar-refractivity contribution in [1.82, 2.24) is 14.3 Å². The van der Waals surface area contributed by atoms with Crippen molar-refractivity contribution in [3.63, 3.8) is 0 Å². The highest BCUT2D eigenvalue weighted by Crippen LogP contribution is 2.32. The van der Waals surface area contributed by atoms with Gasteiger partial charge in [-0.25, -0.2) is 13.4 Å². The molecule has 1 fully saturated rings. The summed E-state index contributed by atoms with van der Waals surface area (Å²) in [6.07, 6.45) is 3.83. The highest BCUT2D eigenvalue weighted by Gasteiger charge is 2.39. The van der Waals surface area contributed by atoms with Gasteiger partial charge in [-0.2, -0.15) is 4.31 Å². The summed E-state index contributed by atoms with van der Waals surface area (Å²) < 4.78 is 27.3. The molecule has 3 N–H and O–H groups in total. The van der Waals surface area contributed by atoms with Crippen LogP contribution in [-0.2, 0) is 10.0 Å². The van der Waals surface area contributed by atoms with E-state index >= 15 is 0 Å². The van der Waals surface area contributed by atoms with E-state index in [1.807, 2.05) is 13.8 Å². The van der Waals surface area contributed by atoms with Gasteiger partial charge in [0.2, 0.25) is 10.0 Å². The molecule has 0 spiro atoms. The van der Waals surface area contributed by atoms with Crippen LogP contribution in [0.15, 0.2) is 29.4 Å². The van der Waals surface area contributed by atoms with Crippen LogP contribution < -0.4 is 5.73 Å². The molecule has 0 bridgehead atoms. The molecule has 0 aliphatic carbocycles. The zero-order valence-electron chi connectivity index (χ0n) is 12.2. The van der Waals surface area contributed by atoms with Crippen molar-refractivity contribution in [2.75, 3.05) is 13.1 Å². The van der Waals surface area contributed by atoms with Crippen molar-refractivity contribution < 1.29 is 8.42 Å². The standard InChI is InChI=1S/C14H20N4O2S/c1-14(2)9-18(7-5-12(14)15)21(19,20)11-8-17-13-10(11)4-3-6-16-13/h3-4,6,8,12H,5,7,9,15H2,1-2H3,(H,16,17). The van der Waals surface area contributed by atoms with Crippen LogP contribution in [0.3, 0.4) is 0 Å². The van der Waals surface area contributed by atoms with Gasteiger partial charge in [-0.15, -0.1) is 0 Å². The van der Waals surface area contributed by atoms with Crippen LogP contribution in [0.2, 0.25) is 0 Å². The van der Waals surface area contributed by atoms with Crippen molar-refractivity contribution >= 4 is 21.1 Å². The summed E-state index contributed by atoms with van der Waals surface area (Å²) in [6, 6.07) is 3.53. The Hall–Kier alpha value is -1.44. The molecule has 1 aliphatic rings. The largest absolute Gasteiger partial charge is 0.345 e. The van der Waals surface area contributed by atoms with Gasteiger partial charge < -0.3 is 10.7 Å². The Bertz CT molecular complexity index is 766. The number of H-pyrrole nitrogens is 1. The number of sulfonamides is 1. The third-order valence-electron chi connectivity index (χ3n) is 4.31. The van der Waals surface area contributed by atoms with Crippen LogP contribution in [0.1, 0.15) is 20.3 Å². The minimum absolute atomic E-state index is 0.0218. The number of aromatic amines is 1. The second-order valence-corrected chi connectivity index (χ2v) is 8.18.